The first-order valence-corrected chi connectivity index (χ1v) is 10.7. The molecular weight excluding hydrogens is 453 g/mol. The molecule has 0 saturated heterocycles. The first-order valence-electron chi connectivity index (χ1n) is 10.7. The van der Waals surface area contributed by atoms with E-state index in [0.717, 1.165) is 0 Å². The fraction of sp³-hybridized carbons (Fsp3) is 0.0385. The number of para-hydroxylation sites is 1. The quantitative estimate of drug-likeness (QED) is 0.352. The molecule has 0 aliphatic heterocycles. The molecule has 0 aliphatic rings. The van der Waals surface area contributed by atoms with Gasteiger partial charge in [-0.2, -0.15) is 0 Å². The lowest BCUT2D eigenvalue weighted by molar-refractivity contribution is 0.0687. The molecule has 0 aliphatic carbocycles. The summed E-state index contributed by atoms with van der Waals surface area (Å²) < 4.78 is 22.1. The molecule has 6 aromatic rings. The summed E-state index contributed by atoms with van der Waals surface area (Å²) in [5.41, 5.74) is 0.632. The van der Waals surface area contributed by atoms with Gasteiger partial charge in [-0.1, -0.05) is 18.2 Å². The molecule has 8 nitrogen and oxygen atoms in total. The molecule has 0 spiro atoms. The van der Waals surface area contributed by atoms with Crippen molar-refractivity contribution in [2.45, 2.75) is 6.54 Å². The van der Waals surface area contributed by atoms with Crippen molar-refractivity contribution >= 4 is 38.7 Å². The Hall–Kier alpha value is -4.92. The molecule has 9 heteroatoms. The topological polar surface area (TPSA) is 121 Å². The number of carboxylic acids is 1. The summed E-state index contributed by atoms with van der Waals surface area (Å²) in [4.78, 5) is 43.1. The van der Waals surface area contributed by atoms with Gasteiger partial charge in [-0.05, 0) is 35.9 Å². The summed E-state index contributed by atoms with van der Waals surface area (Å²) in [5, 5.41) is 11.5. The Bertz CT molecular complexity index is 1930. The largest absolute Gasteiger partial charge is 0.477 e. The molecule has 6 rings (SSSR count). The van der Waals surface area contributed by atoms with Gasteiger partial charge in [0.1, 0.15) is 17.1 Å². The lowest BCUT2D eigenvalue weighted by Gasteiger charge is -2.12. The normalized spacial score (nSPS) is 11.6. The zero-order valence-electron chi connectivity index (χ0n) is 18.0. The highest BCUT2D eigenvalue weighted by Crippen LogP contribution is 2.40. The van der Waals surface area contributed by atoms with Gasteiger partial charge in [0, 0.05) is 35.3 Å². The number of nitrogens with zero attached hydrogens (tertiary/aromatic N) is 1. The number of aromatic carboxylic acids is 1. The average Bonchev–Trinajstić information content (AvgIpc) is 3.43. The van der Waals surface area contributed by atoms with E-state index in [2.05, 4.69) is 9.97 Å². The van der Waals surface area contributed by atoms with Gasteiger partial charge in [0.2, 0.25) is 5.56 Å². The zero-order valence-corrected chi connectivity index (χ0v) is 18.0. The van der Waals surface area contributed by atoms with E-state index < -0.39 is 17.3 Å². The summed E-state index contributed by atoms with van der Waals surface area (Å²) in [7, 11) is 0. The van der Waals surface area contributed by atoms with E-state index in [9.17, 15) is 19.5 Å². The first-order chi connectivity index (χ1) is 16.9. The van der Waals surface area contributed by atoms with Crippen LogP contribution in [0.4, 0.5) is 4.39 Å². The van der Waals surface area contributed by atoms with E-state index in [4.69, 9.17) is 4.42 Å². The fourth-order valence-corrected chi connectivity index (χ4v) is 4.75. The van der Waals surface area contributed by atoms with Crippen LogP contribution in [0.5, 0.6) is 0 Å². The predicted octanol–water partition coefficient (Wildman–Crippen LogP) is 4.47. The highest BCUT2D eigenvalue weighted by Gasteiger charge is 2.29. The van der Waals surface area contributed by atoms with Crippen LogP contribution in [0.15, 0.2) is 81.1 Å². The number of hydrogen-bond donors (Lipinski definition) is 3. The number of carbonyl (C=O) groups is 1. The number of halogens is 1. The van der Waals surface area contributed by atoms with Crippen molar-refractivity contribution in [1.82, 2.24) is 14.5 Å². The van der Waals surface area contributed by atoms with Crippen LogP contribution in [0.25, 0.3) is 43.9 Å². The number of rotatable bonds is 4. The van der Waals surface area contributed by atoms with Crippen molar-refractivity contribution in [2.75, 3.05) is 0 Å². The van der Waals surface area contributed by atoms with E-state index in [0.29, 0.717) is 21.9 Å². The maximum atomic E-state index is 15.1. The van der Waals surface area contributed by atoms with Gasteiger partial charge in [-0.3, -0.25) is 9.59 Å². The van der Waals surface area contributed by atoms with Crippen molar-refractivity contribution in [3.63, 3.8) is 0 Å². The number of nitrogens with one attached hydrogen (secondary N) is 2. The Morgan fingerprint density at radius 1 is 1.06 bits per heavy atom. The number of furan rings is 1. The summed E-state index contributed by atoms with van der Waals surface area (Å²) >= 11 is 0. The Labute approximate surface area is 194 Å². The van der Waals surface area contributed by atoms with E-state index >= 15 is 4.39 Å². The Morgan fingerprint density at radius 3 is 2.69 bits per heavy atom. The van der Waals surface area contributed by atoms with Crippen molar-refractivity contribution in [3.05, 3.63) is 105 Å². The molecule has 0 unspecified atom stereocenters. The first kappa shape index (κ1) is 20.7. The zero-order chi connectivity index (χ0) is 24.3. The number of benzene rings is 2. The van der Waals surface area contributed by atoms with Crippen LogP contribution in [-0.2, 0) is 6.54 Å². The van der Waals surface area contributed by atoms with E-state index in [1.165, 1.54) is 41.3 Å². The molecule has 4 heterocycles. The number of pyridine rings is 2. The standard InChI is InChI=1S/C26H16FN3O5/c27-17-11-19-22(24-15(17)7-9-35-24)21(16-5-3-8-28-25(16)32)23(26(33)34)30(19)12-13-10-20(31)29-18-6-2-1-4-14(13)18/h1-11H,12H2,(H,28,32)(H,29,31)(H,33,34). The van der Waals surface area contributed by atoms with Crippen LogP contribution in [0.1, 0.15) is 16.1 Å². The van der Waals surface area contributed by atoms with Gasteiger partial charge < -0.3 is 24.1 Å². The third-order valence-electron chi connectivity index (χ3n) is 6.17. The van der Waals surface area contributed by atoms with Crippen LogP contribution >= 0.6 is 0 Å². The van der Waals surface area contributed by atoms with Gasteiger partial charge in [0.15, 0.2) is 0 Å². The number of hydrogen-bond acceptors (Lipinski definition) is 4. The number of aromatic amines is 2. The molecule has 35 heavy (non-hydrogen) atoms. The highest BCUT2D eigenvalue weighted by atomic mass is 19.1. The van der Waals surface area contributed by atoms with Gasteiger partial charge >= 0.3 is 5.97 Å². The lowest BCUT2D eigenvalue weighted by Crippen LogP contribution is -2.15. The number of aromatic nitrogens is 3. The molecule has 0 atom stereocenters. The van der Waals surface area contributed by atoms with Gasteiger partial charge in [-0.15, -0.1) is 0 Å². The Balaban J connectivity index is 1.78. The molecule has 0 amide bonds. The molecule has 0 bridgehead atoms. The molecule has 4 aromatic heterocycles. The third kappa shape index (κ3) is 3.09. The minimum absolute atomic E-state index is 0.0566. The number of carboxylic acid groups (broad SMARTS) is 1. The second kappa shape index (κ2) is 7.56. The second-order valence-electron chi connectivity index (χ2n) is 8.15. The number of H-pyrrole nitrogens is 2. The second-order valence-corrected chi connectivity index (χ2v) is 8.15. The van der Waals surface area contributed by atoms with Gasteiger partial charge in [0.25, 0.3) is 5.56 Å². The molecule has 0 radical (unpaired) electrons. The molecule has 2 aromatic carbocycles. The van der Waals surface area contributed by atoms with Crippen LogP contribution in [0.3, 0.4) is 0 Å². The number of fused-ring (bicyclic) bond motifs is 4. The van der Waals surface area contributed by atoms with Gasteiger partial charge in [-0.25, -0.2) is 9.18 Å². The van der Waals surface area contributed by atoms with Crippen LogP contribution < -0.4 is 11.1 Å². The van der Waals surface area contributed by atoms with Crippen molar-refractivity contribution in [3.8, 4) is 11.1 Å². The predicted molar refractivity (Wildman–Crippen MR) is 128 cm³/mol. The van der Waals surface area contributed by atoms with E-state index in [1.54, 1.807) is 30.3 Å². The summed E-state index contributed by atoms with van der Waals surface area (Å²) in [6, 6.07) is 14.3. The van der Waals surface area contributed by atoms with Gasteiger partial charge in [0.05, 0.1) is 28.1 Å². The third-order valence-corrected chi connectivity index (χ3v) is 6.17. The van der Waals surface area contributed by atoms with Crippen molar-refractivity contribution in [2.24, 2.45) is 0 Å². The van der Waals surface area contributed by atoms with Crippen LogP contribution in [0, 0.1) is 5.82 Å². The summed E-state index contributed by atoms with van der Waals surface area (Å²) in [6.07, 6.45) is 2.75. The average molecular weight is 469 g/mol. The highest BCUT2D eigenvalue weighted by molar-refractivity contribution is 6.17. The van der Waals surface area contributed by atoms with Crippen molar-refractivity contribution in [1.29, 1.82) is 0 Å². The lowest BCUT2D eigenvalue weighted by atomic mass is 10.0. The van der Waals surface area contributed by atoms with E-state index in [1.807, 2.05) is 0 Å². The fourth-order valence-electron chi connectivity index (χ4n) is 4.75. The smallest absolute Gasteiger partial charge is 0.353 e. The molecule has 0 fully saturated rings. The van der Waals surface area contributed by atoms with Crippen molar-refractivity contribution < 1.29 is 18.7 Å². The Morgan fingerprint density at radius 2 is 1.89 bits per heavy atom. The minimum Gasteiger partial charge on any atom is -0.477 e. The van der Waals surface area contributed by atoms with Crippen LogP contribution in [-0.4, -0.2) is 25.6 Å². The Kier molecular flexibility index (Phi) is 4.46. The molecule has 172 valence electrons. The molecule has 0 saturated carbocycles. The SMILES string of the molecule is O=C(O)c1c(-c2ccc[nH]c2=O)c2c3occc3c(F)cc2n1Cc1cc(=O)[nH]c2ccccc12. The molecule has 3 N–H and O–H groups in total. The summed E-state index contributed by atoms with van der Waals surface area (Å²) in [6.45, 7) is -0.0566. The van der Waals surface area contributed by atoms with Crippen LogP contribution in [0.2, 0.25) is 0 Å². The maximum absolute atomic E-state index is 15.1. The maximum Gasteiger partial charge on any atom is 0.353 e. The minimum atomic E-state index is -1.31. The molecular formula is C26H16FN3O5. The monoisotopic (exact) mass is 469 g/mol. The summed E-state index contributed by atoms with van der Waals surface area (Å²) in [5.74, 6) is -1.91. The van der Waals surface area contributed by atoms with E-state index in [-0.39, 0.29) is 45.4 Å².